The number of ether oxygens (including phenoxy) is 2. The van der Waals surface area contributed by atoms with Gasteiger partial charge in [0.15, 0.2) is 0 Å². The minimum Gasteiger partial charge on any atom is -0.507 e. The Morgan fingerprint density at radius 2 is 1.57 bits per heavy atom. The molecule has 1 amide bonds. The number of rotatable bonds is 14. The molecule has 2 aromatic carbocycles. The van der Waals surface area contributed by atoms with Gasteiger partial charge in [-0.2, -0.15) is 0 Å². The topological polar surface area (TPSA) is 79.3 Å². The van der Waals surface area contributed by atoms with Crippen LogP contribution in [-0.4, -0.2) is 67.0 Å². The first kappa shape index (κ1) is 28.3. The molecule has 0 saturated carbocycles. The third kappa shape index (κ3) is 6.72. The number of hydrogen-bond donors (Lipinski definition) is 1. The first-order chi connectivity index (χ1) is 18.0. The van der Waals surface area contributed by atoms with Gasteiger partial charge in [-0.15, -0.1) is 0 Å². The van der Waals surface area contributed by atoms with Gasteiger partial charge in [0.2, 0.25) is 0 Å². The largest absolute Gasteiger partial charge is 0.507 e. The molecule has 1 atom stereocenters. The Morgan fingerprint density at radius 3 is 2.16 bits per heavy atom. The van der Waals surface area contributed by atoms with E-state index in [1.54, 1.807) is 61.6 Å². The van der Waals surface area contributed by atoms with Crippen molar-refractivity contribution < 1.29 is 24.2 Å². The number of aliphatic hydroxyl groups excluding tert-OH is 1. The molecule has 0 radical (unpaired) electrons. The molecule has 2 aromatic rings. The summed E-state index contributed by atoms with van der Waals surface area (Å²) in [7, 11) is 3.11. The van der Waals surface area contributed by atoms with Crippen LogP contribution in [0.15, 0.2) is 54.1 Å². The monoisotopic (exact) mass is 508 g/mol. The van der Waals surface area contributed by atoms with Gasteiger partial charge in [0.05, 0.1) is 25.8 Å². The lowest BCUT2D eigenvalue weighted by Gasteiger charge is -2.28. The maximum atomic E-state index is 13.4. The summed E-state index contributed by atoms with van der Waals surface area (Å²) in [6, 6.07) is 13.4. The zero-order chi connectivity index (χ0) is 26.8. The predicted molar refractivity (Wildman–Crippen MR) is 146 cm³/mol. The number of aliphatic hydroxyl groups is 1. The van der Waals surface area contributed by atoms with Gasteiger partial charge in [0.1, 0.15) is 17.3 Å². The quantitative estimate of drug-likeness (QED) is 0.209. The minimum absolute atomic E-state index is 0.0663. The molecular weight excluding hydrogens is 468 g/mol. The van der Waals surface area contributed by atoms with Gasteiger partial charge in [-0.05, 0) is 57.1 Å². The summed E-state index contributed by atoms with van der Waals surface area (Å²) < 4.78 is 11.1. The van der Waals surface area contributed by atoms with Crippen LogP contribution in [0.2, 0.25) is 0 Å². The zero-order valence-corrected chi connectivity index (χ0v) is 22.5. The van der Waals surface area contributed by atoms with Crippen molar-refractivity contribution in [3.8, 4) is 11.5 Å². The molecule has 0 spiro atoms. The number of hydrogen-bond acceptors (Lipinski definition) is 6. The molecule has 1 aliphatic heterocycles. The molecule has 200 valence electrons. The summed E-state index contributed by atoms with van der Waals surface area (Å²) in [5.74, 6) is -0.398. The third-order valence-corrected chi connectivity index (χ3v) is 6.85. The van der Waals surface area contributed by atoms with Crippen molar-refractivity contribution in [3.63, 3.8) is 0 Å². The highest BCUT2D eigenvalue weighted by molar-refractivity contribution is 6.46. The number of benzene rings is 2. The molecule has 7 heteroatoms. The fraction of sp³-hybridized carbons (Fsp3) is 0.467. The average Bonchev–Trinajstić information content (AvgIpc) is 3.18. The van der Waals surface area contributed by atoms with Crippen LogP contribution in [0.3, 0.4) is 0 Å². The van der Waals surface area contributed by atoms with Crippen LogP contribution < -0.4 is 9.47 Å². The van der Waals surface area contributed by atoms with Crippen LogP contribution in [0.4, 0.5) is 0 Å². The average molecular weight is 509 g/mol. The van der Waals surface area contributed by atoms with Crippen LogP contribution in [0.25, 0.3) is 5.76 Å². The Balaban J connectivity index is 2.00. The van der Waals surface area contributed by atoms with E-state index < -0.39 is 17.7 Å². The van der Waals surface area contributed by atoms with Gasteiger partial charge in [0, 0.05) is 17.7 Å². The number of carbonyl (C=O) groups excluding carboxylic acids is 2. The van der Waals surface area contributed by atoms with Crippen molar-refractivity contribution in [2.75, 3.05) is 40.4 Å². The summed E-state index contributed by atoms with van der Waals surface area (Å²) in [6.45, 7) is 7.64. The maximum Gasteiger partial charge on any atom is 0.295 e. The molecule has 1 unspecified atom stereocenters. The number of amides is 1. The first-order valence-corrected chi connectivity index (χ1v) is 13.2. The van der Waals surface area contributed by atoms with Gasteiger partial charge in [0.25, 0.3) is 11.7 Å². The maximum absolute atomic E-state index is 13.4. The SMILES string of the molecule is CCCCN(CCCC)CCCN1C(=O)C(=O)C(=C(O)c2ccccc2)C1c1cc(OC)ccc1OC. The number of likely N-dealkylation sites (tertiary alicyclic amines) is 1. The van der Waals surface area contributed by atoms with Gasteiger partial charge >= 0.3 is 0 Å². The summed E-state index contributed by atoms with van der Waals surface area (Å²) >= 11 is 0. The van der Waals surface area contributed by atoms with Crippen LogP contribution in [0.1, 0.15) is 63.1 Å². The molecular formula is C30H40N2O5. The van der Waals surface area contributed by atoms with Crippen LogP contribution in [0.5, 0.6) is 11.5 Å². The Bertz CT molecular complexity index is 1070. The van der Waals surface area contributed by atoms with E-state index in [0.717, 1.165) is 45.3 Å². The van der Waals surface area contributed by atoms with Crippen molar-refractivity contribution in [1.82, 2.24) is 9.80 Å². The van der Waals surface area contributed by atoms with Crippen LogP contribution in [-0.2, 0) is 9.59 Å². The molecule has 7 nitrogen and oxygen atoms in total. The van der Waals surface area contributed by atoms with Crippen molar-refractivity contribution in [3.05, 3.63) is 65.2 Å². The molecule has 0 bridgehead atoms. The van der Waals surface area contributed by atoms with Gasteiger partial charge in [-0.3, -0.25) is 9.59 Å². The van der Waals surface area contributed by atoms with Crippen molar-refractivity contribution in [1.29, 1.82) is 0 Å². The Kier molecular flexibility index (Phi) is 10.6. The van der Waals surface area contributed by atoms with E-state index in [4.69, 9.17) is 9.47 Å². The first-order valence-electron chi connectivity index (χ1n) is 13.2. The van der Waals surface area contributed by atoms with Crippen molar-refractivity contribution >= 4 is 17.4 Å². The van der Waals surface area contributed by atoms with E-state index in [2.05, 4.69) is 18.7 Å². The summed E-state index contributed by atoms with van der Waals surface area (Å²) in [5, 5.41) is 11.3. The van der Waals surface area contributed by atoms with E-state index in [0.29, 0.717) is 35.6 Å². The second-order valence-corrected chi connectivity index (χ2v) is 9.37. The number of carbonyl (C=O) groups is 2. The molecule has 0 aliphatic carbocycles. The molecule has 3 rings (SSSR count). The van der Waals surface area contributed by atoms with E-state index in [9.17, 15) is 14.7 Å². The highest BCUT2D eigenvalue weighted by atomic mass is 16.5. The molecule has 37 heavy (non-hydrogen) atoms. The Hall–Kier alpha value is -3.32. The summed E-state index contributed by atoms with van der Waals surface area (Å²) in [6.07, 6.45) is 5.24. The van der Waals surface area contributed by atoms with Gasteiger partial charge in [-0.1, -0.05) is 57.0 Å². The number of ketones is 1. The highest BCUT2D eigenvalue weighted by Gasteiger charge is 2.47. The molecule has 1 aliphatic rings. The molecule has 1 N–H and O–H groups in total. The second-order valence-electron chi connectivity index (χ2n) is 9.37. The second kappa shape index (κ2) is 13.8. The van der Waals surface area contributed by atoms with Crippen LogP contribution in [0, 0.1) is 0 Å². The standard InChI is InChI=1S/C30H40N2O5/c1-5-7-17-31(18-8-6-2)19-12-20-32-27(24-21-23(36-3)15-16-25(24)37-4)26(29(34)30(32)35)28(33)22-13-10-9-11-14-22/h9-11,13-16,21,27,33H,5-8,12,17-20H2,1-4H3. The van der Waals surface area contributed by atoms with Crippen molar-refractivity contribution in [2.45, 2.75) is 52.0 Å². The highest BCUT2D eigenvalue weighted by Crippen LogP contribution is 2.43. The summed E-state index contributed by atoms with van der Waals surface area (Å²) in [4.78, 5) is 30.7. The number of Topliss-reactive ketones (excluding diaryl/α,β-unsaturated/α-hetero) is 1. The number of nitrogens with zero attached hydrogens (tertiary/aromatic N) is 2. The van der Waals surface area contributed by atoms with E-state index in [1.165, 1.54) is 0 Å². The normalized spacial score (nSPS) is 17.0. The Labute approximate surface area is 220 Å². The predicted octanol–water partition coefficient (Wildman–Crippen LogP) is 5.42. The van der Waals surface area contributed by atoms with E-state index in [1.807, 2.05) is 6.07 Å². The lowest BCUT2D eigenvalue weighted by atomic mass is 9.94. The number of unbranched alkanes of at least 4 members (excludes halogenated alkanes) is 2. The lowest BCUT2D eigenvalue weighted by molar-refractivity contribution is -0.140. The molecule has 1 fully saturated rings. The van der Waals surface area contributed by atoms with E-state index in [-0.39, 0.29) is 11.3 Å². The number of methoxy groups -OCH3 is 2. The summed E-state index contributed by atoms with van der Waals surface area (Å²) in [5.41, 5.74) is 1.15. The van der Waals surface area contributed by atoms with Gasteiger partial charge < -0.3 is 24.4 Å². The van der Waals surface area contributed by atoms with Crippen molar-refractivity contribution in [2.24, 2.45) is 0 Å². The van der Waals surface area contributed by atoms with Gasteiger partial charge in [-0.25, -0.2) is 0 Å². The smallest absolute Gasteiger partial charge is 0.295 e. The molecule has 0 aromatic heterocycles. The minimum atomic E-state index is -0.787. The molecule has 1 heterocycles. The Morgan fingerprint density at radius 1 is 0.919 bits per heavy atom. The third-order valence-electron chi connectivity index (χ3n) is 6.85. The lowest BCUT2D eigenvalue weighted by Crippen LogP contribution is -2.34. The fourth-order valence-electron chi connectivity index (χ4n) is 4.80. The fourth-order valence-corrected chi connectivity index (χ4v) is 4.80. The van der Waals surface area contributed by atoms with Crippen LogP contribution >= 0.6 is 0 Å². The zero-order valence-electron chi connectivity index (χ0n) is 22.5. The molecule has 1 saturated heterocycles. The van der Waals surface area contributed by atoms with E-state index >= 15 is 0 Å².